The fourth-order valence-electron chi connectivity index (χ4n) is 2.04. The van der Waals surface area contributed by atoms with Gasteiger partial charge < -0.3 is 19.7 Å². The number of benzene rings is 1. The minimum absolute atomic E-state index is 0.312. The van der Waals surface area contributed by atoms with E-state index in [1.54, 1.807) is 14.2 Å². The number of nitrogen functional groups attached to an aromatic ring is 1. The molecular formula is C14H18N2O3. The van der Waals surface area contributed by atoms with Gasteiger partial charge in [0.1, 0.15) is 11.5 Å². The molecule has 1 heterocycles. The fraction of sp³-hybridized carbons (Fsp3) is 0.357. The molecule has 1 aromatic heterocycles. The van der Waals surface area contributed by atoms with Crippen molar-refractivity contribution in [3.05, 3.63) is 23.9 Å². The number of nitrogens with zero attached hydrogens (tertiary/aromatic N) is 1. The van der Waals surface area contributed by atoms with Crippen LogP contribution in [0.2, 0.25) is 0 Å². The van der Waals surface area contributed by atoms with Gasteiger partial charge in [0.25, 0.3) is 0 Å². The molecule has 19 heavy (non-hydrogen) atoms. The van der Waals surface area contributed by atoms with E-state index in [-0.39, 0.29) is 0 Å². The molecule has 0 aliphatic heterocycles. The van der Waals surface area contributed by atoms with Gasteiger partial charge in [0, 0.05) is 11.6 Å². The van der Waals surface area contributed by atoms with E-state index in [1.165, 1.54) is 0 Å². The number of rotatable bonds is 5. The van der Waals surface area contributed by atoms with Crippen molar-refractivity contribution in [2.24, 2.45) is 0 Å². The minimum Gasteiger partial charge on any atom is -0.497 e. The van der Waals surface area contributed by atoms with Crippen LogP contribution in [0.4, 0.5) is 5.88 Å². The molecule has 0 unspecified atom stereocenters. The zero-order chi connectivity index (χ0) is 13.8. The zero-order valence-electron chi connectivity index (χ0n) is 11.4. The van der Waals surface area contributed by atoms with Crippen LogP contribution in [-0.2, 0) is 6.42 Å². The summed E-state index contributed by atoms with van der Waals surface area (Å²) in [7, 11) is 3.23. The van der Waals surface area contributed by atoms with E-state index in [9.17, 15) is 0 Å². The predicted molar refractivity (Wildman–Crippen MR) is 73.5 cm³/mol. The van der Waals surface area contributed by atoms with E-state index in [4.69, 9.17) is 19.7 Å². The Labute approximate surface area is 112 Å². The molecule has 0 aliphatic rings. The summed E-state index contributed by atoms with van der Waals surface area (Å²) in [6.45, 7) is 2.08. The van der Waals surface area contributed by atoms with Crippen molar-refractivity contribution in [1.29, 1.82) is 0 Å². The average molecular weight is 262 g/mol. The highest BCUT2D eigenvalue weighted by Crippen LogP contribution is 2.38. The second-order valence-corrected chi connectivity index (χ2v) is 4.18. The van der Waals surface area contributed by atoms with Crippen LogP contribution in [0.5, 0.6) is 11.5 Å². The summed E-state index contributed by atoms with van der Waals surface area (Å²) in [6.07, 6.45) is 1.78. The number of hydrogen-bond donors (Lipinski definition) is 1. The lowest BCUT2D eigenvalue weighted by atomic mass is 10.0. The standard InChI is InChI=1S/C14H18N2O3/c1-4-5-11-13(14(15)19-16-11)10-7-6-9(17-2)8-12(10)18-3/h6-8H,4-5,15H2,1-3H3. The smallest absolute Gasteiger partial charge is 0.230 e. The first-order valence-corrected chi connectivity index (χ1v) is 6.17. The SMILES string of the molecule is CCCc1noc(N)c1-c1ccc(OC)cc1OC. The molecule has 2 rings (SSSR count). The first kappa shape index (κ1) is 13.3. The van der Waals surface area contributed by atoms with Crippen molar-refractivity contribution in [2.75, 3.05) is 20.0 Å². The molecule has 2 N–H and O–H groups in total. The summed E-state index contributed by atoms with van der Waals surface area (Å²) in [5.41, 5.74) is 8.41. The predicted octanol–water partition coefficient (Wildman–Crippen LogP) is 2.89. The highest BCUT2D eigenvalue weighted by Gasteiger charge is 2.19. The van der Waals surface area contributed by atoms with Crippen molar-refractivity contribution in [1.82, 2.24) is 5.16 Å². The highest BCUT2D eigenvalue weighted by molar-refractivity contribution is 5.80. The van der Waals surface area contributed by atoms with Gasteiger partial charge in [-0.2, -0.15) is 0 Å². The van der Waals surface area contributed by atoms with Gasteiger partial charge in [-0.25, -0.2) is 0 Å². The van der Waals surface area contributed by atoms with E-state index < -0.39 is 0 Å². The summed E-state index contributed by atoms with van der Waals surface area (Å²) in [6, 6.07) is 5.58. The van der Waals surface area contributed by atoms with Crippen LogP contribution in [0.3, 0.4) is 0 Å². The molecule has 0 atom stereocenters. The van der Waals surface area contributed by atoms with E-state index >= 15 is 0 Å². The Bertz CT molecular complexity index is 564. The maximum absolute atomic E-state index is 5.88. The molecule has 0 bridgehead atoms. The van der Waals surface area contributed by atoms with Gasteiger partial charge in [0.2, 0.25) is 5.88 Å². The summed E-state index contributed by atoms with van der Waals surface area (Å²) >= 11 is 0. The Morgan fingerprint density at radius 3 is 2.68 bits per heavy atom. The molecule has 0 aliphatic carbocycles. The number of hydrogen-bond acceptors (Lipinski definition) is 5. The molecule has 0 spiro atoms. The van der Waals surface area contributed by atoms with E-state index in [0.29, 0.717) is 11.6 Å². The second kappa shape index (κ2) is 5.65. The van der Waals surface area contributed by atoms with Crippen LogP contribution < -0.4 is 15.2 Å². The maximum Gasteiger partial charge on any atom is 0.230 e. The zero-order valence-corrected chi connectivity index (χ0v) is 11.4. The minimum atomic E-state index is 0.312. The largest absolute Gasteiger partial charge is 0.497 e. The van der Waals surface area contributed by atoms with Crippen LogP contribution in [0.25, 0.3) is 11.1 Å². The molecule has 102 valence electrons. The summed E-state index contributed by atoms with van der Waals surface area (Å²) in [4.78, 5) is 0. The molecule has 0 radical (unpaired) electrons. The fourth-order valence-corrected chi connectivity index (χ4v) is 2.04. The second-order valence-electron chi connectivity index (χ2n) is 4.18. The summed E-state index contributed by atoms with van der Waals surface area (Å²) < 4.78 is 15.7. The molecular weight excluding hydrogens is 244 g/mol. The maximum atomic E-state index is 5.88. The van der Waals surface area contributed by atoms with Gasteiger partial charge in [-0.3, -0.25) is 0 Å². The number of nitrogens with two attached hydrogens (primary N) is 1. The van der Waals surface area contributed by atoms with Crippen LogP contribution in [0.1, 0.15) is 19.0 Å². The molecule has 5 heteroatoms. The molecule has 2 aromatic rings. The highest BCUT2D eigenvalue weighted by atomic mass is 16.5. The van der Waals surface area contributed by atoms with Gasteiger partial charge >= 0.3 is 0 Å². The van der Waals surface area contributed by atoms with Crippen molar-refractivity contribution in [3.63, 3.8) is 0 Å². The van der Waals surface area contributed by atoms with Crippen molar-refractivity contribution in [3.8, 4) is 22.6 Å². The Morgan fingerprint density at radius 1 is 1.26 bits per heavy atom. The molecule has 0 saturated heterocycles. The number of anilines is 1. The molecule has 0 fully saturated rings. The van der Waals surface area contributed by atoms with Gasteiger partial charge in [0.15, 0.2) is 0 Å². The Morgan fingerprint density at radius 2 is 2.05 bits per heavy atom. The monoisotopic (exact) mass is 262 g/mol. The molecule has 0 saturated carbocycles. The number of aromatic nitrogens is 1. The first-order chi connectivity index (χ1) is 9.21. The normalized spacial score (nSPS) is 10.5. The van der Waals surface area contributed by atoms with Gasteiger partial charge in [-0.1, -0.05) is 18.5 Å². The van der Waals surface area contributed by atoms with Crippen molar-refractivity contribution < 1.29 is 14.0 Å². The first-order valence-electron chi connectivity index (χ1n) is 6.17. The van der Waals surface area contributed by atoms with Crippen molar-refractivity contribution in [2.45, 2.75) is 19.8 Å². The number of aryl methyl sites for hydroxylation is 1. The lowest BCUT2D eigenvalue weighted by molar-refractivity contribution is 0.395. The van der Waals surface area contributed by atoms with Crippen molar-refractivity contribution >= 4 is 5.88 Å². The van der Waals surface area contributed by atoms with Crippen LogP contribution in [0.15, 0.2) is 22.7 Å². The molecule has 1 aromatic carbocycles. The van der Waals surface area contributed by atoms with Crippen LogP contribution in [0, 0.1) is 0 Å². The third-order valence-corrected chi connectivity index (χ3v) is 2.95. The Balaban J connectivity index is 2.54. The Hall–Kier alpha value is -2.17. The lowest BCUT2D eigenvalue weighted by Gasteiger charge is -2.10. The third-order valence-electron chi connectivity index (χ3n) is 2.95. The summed E-state index contributed by atoms with van der Waals surface area (Å²) in [5, 5.41) is 4.01. The average Bonchev–Trinajstić information content (AvgIpc) is 2.79. The third kappa shape index (κ3) is 2.50. The van der Waals surface area contributed by atoms with E-state index in [1.807, 2.05) is 18.2 Å². The van der Waals surface area contributed by atoms with Gasteiger partial charge in [-0.05, 0) is 18.6 Å². The van der Waals surface area contributed by atoms with Crippen LogP contribution in [-0.4, -0.2) is 19.4 Å². The van der Waals surface area contributed by atoms with E-state index in [2.05, 4.69) is 12.1 Å². The van der Waals surface area contributed by atoms with E-state index in [0.717, 1.165) is 35.4 Å². The van der Waals surface area contributed by atoms with Gasteiger partial charge in [0.05, 0.1) is 25.5 Å². The quantitative estimate of drug-likeness (QED) is 0.897. The molecule has 0 amide bonds. The Kier molecular flexibility index (Phi) is 3.94. The van der Waals surface area contributed by atoms with Crippen LogP contribution >= 0.6 is 0 Å². The number of methoxy groups -OCH3 is 2. The topological polar surface area (TPSA) is 70.5 Å². The van der Waals surface area contributed by atoms with Gasteiger partial charge in [-0.15, -0.1) is 0 Å². The summed E-state index contributed by atoms with van der Waals surface area (Å²) in [5.74, 6) is 1.73. The molecule has 5 nitrogen and oxygen atoms in total. The lowest BCUT2D eigenvalue weighted by Crippen LogP contribution is -1.95. The number of ether oxygens (including phenoxy) is 2.